The maximum absolute atomic E-state index is 5.92. The number of hydrogen-bond donors (Lipinski definition) is 2. The molecule has 2 aromatic heterocycles. The topological polar surface area (TPSA) is 49.9 Å². The molecule has 0 aliphatic heterocycles. The van der Waals surface area contributed by atoms with Gasteiger partial charge in [-0.2, -0.15) is 0 Å². The molecule has 3 aromatic rings. The normalized spacial score (nSPS) is 12.8. The number of aromatic nitrogens is 2. The van der Waals surface area contributed by atoms with Gasteiger partial charge in [-0.05, 0) is 56.3 Å². The van der Waals surface area contributed by atoms with Gasteiger partial charge in [0, 0.05) is 29.3 Å². The van der Waals surface area contributed by atoms with Crippen molar-refractivity contribution in [2.45, 2.75) is 19.4 Å². The van der Waals surface area contributed by atoms with E-state index in [1.54, 1.807) is 6.20 Å². The zero-order chi connectivity index (χ0) is 16.1. The van der Waals surface area contributed by atoms with Gasteiger partial charge in [-0.15, -0.1) is 0 Å². The van der Waals surface area contributed by atoms with Crippen molar-refractivity contribution >= 4 is 17.0 Å². The quantitative estimate of drug-likeness (QED) is 0.711. The van der Waals surface area contributed by atoms with E-state index in [1.165, 1.54) is 0 Å². The maximum Gasteiger partial charge on any atom is 0.146 e. The third-order valence-corrected chi connectivity index (χ3v) is 3.79. The number of H-pyrrole nitrogens is 1. The Morgan fingerprint density at radius 2 is 2.13 bits per heavy atom. The van der Waals surface area contributed by atoms with Gasteiger partial charge in [0.25, 0.3) is 0 Å². The number of rotatable bonds is 6. The van der Waals surface area contributed by atoms with Gasteiger partial charge in [-0.1, -0.05) is 12.2 Å². The Kier molecular flexibility index (Phi) is 4.74. The van der Waals surface area contributed by atoms with E-state index in [0.717, 1.165) is 34.4 Å². The number of hydrogen-bond acceptors (Lipinski definition) is 3. The summed E-state index contributed by atoms with van der Waals surface area (Å²) >= 11 is 0. The zero-order valence-corrected chi connectivity index (χ0v) is 13.4. The van der Waals surface area contributed by atoms with E-state index in [4.69, 9.17) is 4.74 Å². The SMILES string of the molecule is CN[C@@H](C)CC=Cc1cncc(Oc2ccc3[nH]ccc3c2)c1. The zero-order valence-electron chi connectivity index (χ0n) is 13.4. The second-order valence-corrected chi connectivity index (χ2v) is 5.61. The van der Waals surface area contributed by atoms with Gasteiger partial charge >= 0.3 is 0 Å². The average molecular weight is 307 g/mol. The van der Waals surface area contributed by atoms with Gasteiger partial charge in [-0.3, -0.25) is 4.98 Å². The first-order chi connectivity index (χ1) is 11.2. The summed E-state index contributed by atoms with van der Waals surface area (Å²) in [5.74, 6) is 1.55. The van der Waals surface area contributed by atoms with Crippen molar-refractivity contribution in [1.82, 2.24) is 15.3 Å². The van der Waals surface area contributed by atoms with E-state index < -0.39 is 0 Å². The Labute approximate surface area is 136 Å². The van der Waals surface area contributed by atoms with Crippen molar-refractivity contribution in [2.75, 3.05) is 7.05 Å². The number of aromatic amines is 1. The predicted octanol–water partition coefficient (Wildman–Crippen LogP) is 4.37. The first kappa shape index (κ1) is 15.3. The molecular weight excluding hydrogens is 286 g/mol. The van der Waals surface area contributed by atoms with Gasteiger partial charge in [0.05, 0.1) is 6.20 Å². The largest absolute Gasteiger partial charge is 0.456 e. The van der Waals surface area contributed by atoms with E-state index in [2.05, 4.69) is 34.4 Å². The summed E-state index contributed by atoms with van der Waals surface area (Å²) in [6.45, 7) is 2.15. The highest BCUT2D eigenvalue weighted by atomic mass is 16.5. The molecule has 0 saturated heterocycles. The summed E-state index contributed by atoms with van der Waals surface area (Å²) in [5.41, 5.74) is 2.14. The van der Waals surface area contributed by atoms with Crippen LogP contribution in [-0.4, -0.2) is 23.1 Å². The van der Waals surface area contributed by atoms with Crippen LogP contribution in [0.2, 0.25) is 0 Å². The minimum atomic E-state index is 0.465. The molecule has 0 fully saturated rings. The average Bonchev–Trinajstić information content (AvgIpc) is 3.03. The fourth-order valence-electron chi connectivity index (χ4n) is 2.34. The lowest BCUT2D eigenvalue weighted by atomic mass is 10.2. The molecule has 3 rings (SSSR count). The second kappa shape index (κ2) is 7.11. The van der Waals surface area contributed by atoms with Crippen LogP contribution in [0.1, 0.15) is 18.9 Å². The van der Waals surface area contributed by atoms with Crippen molar-refractivity contribution in [1.29, 1.82) is 0 Å². The van der Waals surface area contributed by atoms with Crippen molar-refractivity contribution in [3.8, 4) is 11.5 Å². The van der Waals surface area contributed by atoms with Crippen molar-refractivity contribution in [3.05, 3.63) is 60.6 Å². The molecule has 4 heteroatoms. The summed E-state index contributed by atoms with van der Waals surface area (Å²) in [7, 11) is 1.97. The Morgan fingerprint density at radius 3 is 3.00 bits per heavy atom. The monoisotopic (exact) mass is 307 g/mol. The van der Waals surface area contributed by atoms with Gasteiger partial charge in [0.2, 0.25) is 0 Å². The van der Waals surface area contributed by atoms with Crippen molar-refractivity contribution < 1.29 is 4.74 Å². The van der Waals surface area contributed by atoms with Crippen LogP contribution in [0.25, 0.3) is 17.0 Å². The lowest BCUT2D eigenvalue weighted by molar-refractivity contribution is 0.481. The summed E-state index contributed by atoms with van der Waals surface area (Å²) in [6, 6.07) is 10.5. The molecule has 0 aliphatic carbocycles. The van der Waals surface area contributed by atoms with Crippen molar-refractivity contribution in [2.24, 2.45) is 0 Å². The molecule has 0 aliphatic rings. The summed E-state index contributed by atoms with van der Waals surface area (Å²) in [6.07, 6.45) is 10.7. The van der Waals surface area contributed by atoms with Gasteiger partial charge < -0.3 is 15.0 Å². The lowest BCUT2D eigenvalue weighted by Gasteiger charge is -2.07. The highest BCUT2D eigenvalue weighted by Crippen LogP contribution is 2.25. The predicted molar refractivity (Wildman–Crippen MR) is 94.8 cm³/mol. The number of pyridine rings is 1. The van der Waals surface area contributed by atoms with E-state index in [0.29, 0.717) is 6.04 Å². The summed E-state index contributed by atoms with van der Waals surface area (Å²) in [4.78, 5) is 7.43. The third kappa shape index (κ3) is 3.99. The van der Waals surface area contributed by atoms with Crippen LogP contribution >= 0.6 is 0 Å². The smallest absolute Gasteiger partial charge is 0.146 e. The maximum atomic E-state index is 5.92. The van der Waals surface area contributed by atoms with E-state index in [-0.39, 0.29) is 0 Å². The summed E-state index contributed by atoms with van der Waals surface area (Å²) in [5, 5.41) is 4.35. The Bertz CT molecular complexity index is 807. The molecule has 1 aromatic carbocycles. The molecule has 23 heavy (non-hydrogen) atoms. The van der Waals surface area contributed by atoms with Crippen LogP contribution in [0, 0.1) is 0 Å². The molecule has 118 valence electrons. The van der Waals surface area contributed by atoms with Crippen LogP contribution in [0.4, 0.5) is 0 Å². The standard InChI is InChI=1S/C19H21N3O/c1-14(20-2)4-3-5-15-10-18(13-21-12-15)23-17-6-7-19-16(11-17)8-9-22-19/h3,5-14,20,22H,4H2,1-2H3/t14-/m0/s1. The van der Waals surface area contributed by atoms with Crippen LogP contribution in [0.5, 0.6) is 11.5 Å². The highest BCUT2D eigenvalue weighted by molar-refractivity contribution is 5.80. The molecule has 2 N–H and O–H groups in total. The van der Waals surface area contributed by atoms with Crippen LogP contribution in [0.15, 0.2) is 55.0 Å². The molecule has 0 bridgehead atoms. The minimum absolute atomic E-state index is 0.465. The molecule has 0 unspecified atom stereocenters. The molecule has 0 saturated carbocycles. The first-order valence-electron chi connectivity index (χ1n) is 7.78. The molecule has 0 amide bonds. The molecule has 0 radical (unpaired) electrons. The molecule has 1 atom stereocenters. The fraction of sp³-hybridized carbons (Fsp3) is 0.211. The van der Waals surface area contributed by atoms with Crippen LogP contribution < -0.4 is 10.1 Å². The van der Waals surface area contributed by atoms with Crippen LogP contribution in [-0.2, 0) is 0 Å². The molecular formula is C19H21N3O. The second-order valence-electron chi connectivity index (χ2n) is 5.61. The van der Waals surface area contributed by atoms with Crippen LogP contribution in [0.3, 0.4) is 0 Å². The summed E-state index contributed by atoms with van der Waals surface area (Å²) < 4.78 is 5.92. The highest BCUT2D eigenvalue weighted by Gasteiger charge is 2.01. The van der Waals surface area contributed by atoms with E-state index >= 15 is 0 Å². The first-order valence-corrected chi connectivity index (χ1v) is 7.78. The number of ether oxygens (including phenoxy) is 1. The molecule has 2 heterocycles. The van der Waals surface area contributed by atoms with Gasteiger partial charge in [0.15, 0.2) is 0 Å². The number of nitrogens with one attached hydrogen (secondary N) is 2. The minimum Gasteiger partial charge on any atom is -0.456 e. The van der Waals surface area contributed by atoms with Gasteiger partial charge in [0.1, 0.15) is 11.5 Å². The van der Waals surface area contributed by atoms with Crippen molar-refractivity contribution in [3.63, 3.8) is 0 Å². The lowest BCUT2D eigenvalue weighted by Crippen LogP contribution is -2.19. The Hall–Kier alpha value is -2.59. The molecule has 0 spiro atoms. The molecule has 4 nitrogen and oxygen atoms in total. The number of nitrogens with zero attached hydrogens (tertiary/aromatic N) is 1. The number of fused-ring (bicyclic) bond motifs is 1. The fourth-order valence-corrected chi connectivity index (χ4v) is 2.34. The van der Waals surface area contributed by atoms with Gasteiger partial charge in [-0.25, -0.2) is 0 Å². The Morgan fingerprint density at radius 1 is 1.22 bits per heavy atom. The van der Waals surface area contributed by atoms with E-state index in [9.17, 15) is 0 Å². The number of benzene rings is 1. The third-order valence-electron chi connectivity index (χ3n) is 3.79. The Balaban J connectivity index is 1.71. The van der Waals surface area contributed by atoms with E-state index in [1.807, 2.05) is 49.8 Å².